The highest BCUT2D eigenvalue weighted by molar-refractivity contribution is 6.30. The maximum absolute atomic E-state index is 14.0. The molecule has 0 saturated heterocycles. The molecule has 4 nitrogen and oxygen atoms in total. The number of hydrogen-bond donors (Lipinski definition) is 0. The van der Waals surface area contributed by atoms with Gasteiger partial charge >= 0.3 is 6.18 Å². The van der Waals surface area contributed by atoms with E-state index in [2.05, 4.69) is 4.98 Å². The molecule has 0 aliphatic heterocycles. The van der Waals surface area contributed by atoms with Gasteiger partial charge in [0.25, 0.3) is 5.56 Å². The van der Waals surface area contributed by atoms with Crippen molar-refractivity contribution in [2.45, 2.75) is 6.18 Å². The Morgan fingerprint density at radius 1 is 1.13 bits per heavy atom. The van der Waals surface area contributed by atoms with Crippen LogP contribution in [-0.2, 0) is 6.18 Å². The lowest BCUT2D eigenvalue weighted by atomic mass is 10.3. The number of fused-ring (bicyclic) bond motifs is 1. The minimum atomic E-state index is -4.81. The zero-order chi connectivity index (χ0) is 16.9. The Morgan fingerprint density at radius 2 is 1.83 bits per heavy atom. The van der Waals surface area contributed by atoms with Crippen molar-refractivity contribution in [3.05, 3.63) is 62.5 Å². The summed E-state index contributed by atoms with van der Waals surface area (Å²) < 4.78 is 54.4. The molecule has 3 rings (SSSR count). The monoisotopic (exact) mass is 365 g/mol. The average molecular weight is 366 g/mol. The fourth-order valence-corrected chi connectivity index (χ4v) is 2.47. The maximum atomic E-state index is 14.0. The first-order chi connectivity index (χ1) is 10.7. The van der Waals surface area contributed by atoms with Gasteiger partial charge in [0.15, 0.2) is 0 Å². The normalized spacial score (nSPS) is 12.1. The van der Waals surface area contributed by atoms with Crippen LogP contribution in [0.5, 0.6) is 0 Å². The molecule has 0 saturated carbocycles. The molecule has 0 fully saturated rings. The molecular formula is C13H5Cl2F4N3O. The van der Waals surface area contributed by atoms with Crippen molar-refractivity contribution >= 4 is 29.0 Å². The van der Waals surface area contributed by atoms with Crippen LogP contribution >= 0.6 is 23.2 Å². The number of hydrogen-bond acceptors (Lipinski definition) is 2. The van der Waals surface area contributed by atoms with Crippen LogP contribution in [0, 0.1) is 5.82 Å². The quantitative estimate of drug-likeness (QED) is 0.612. The van der Waals surface area contributed by atoms with Crippen LogP contribution in [0.4, 0.5) is 17.6 Å². The minimum Gasteiger partial charge on any atom is -0.279 e. The van der Waals surface area contributed by atoms with E-state index in [4.69, 9.17) is 23.2 Å². The van der Waals surface area contributed by atoms with E-state index in [1.165, 1.54) is 6.07 Å². The number of aromatic nitrogens is 3. The van der Waals surface area contributed by atoms with Crippen LogP contribution in [-0.4, -0.2) is 14.0 Å². The Hall–Kier alpha value is -2.06. The third-order valence-corrected chi connectivity index (χ3v) is 3.46. The molecule has 0 aliphatic rings. The molecule has 10 heteroatoms. The topological polar surface area (TPSA) is 39.3 Å². The Kier molecular flexibility index (Phi) is 3.61. The summed E-state index contributed by atoms with van der Waals surface area (Å²) in [5, 5.41) is -0.201. The van der Waals surface area contributed by atoms with E-state index in [1.54, 1.807) is 0 Å². The van der Waals surface area contributed by atoms with Crippen molar-refractivity contribution in [3.8, 4) is 5.69 Å². The molecule has 1 aromatic carbocycles. The van der Waals surface area contributed by atoms with E-state index < -0.39 is 29.0 Å². The summed E-state index contributed by atoms with van der Waals surface area (Å²) in [6, 6.07) is 3.74. The van der Waals surface area contributed by atoms with E-state index in [-0.39, 0.29) is 15.9 Å². The first-order valence-corrected chi connectivity index (χ1v) is 6.77. The van der Waals surface area contributed by atoms with Crippen molar-refractivity contribution in [2.75, 3.05) is 0 Å². The summed E-state index contributed by atoms with van der Waals surface area (Å²) >= 11 is 11.3. The van der Waals surface area contributed by atoms with Crippen molar-refractivity contribution in [2.24, 2.45) is 0 Å². The standard InChI is InChI=1S/C13H5Cl2F4N3O/c14-6-1-2-8(7(16)3-6)22-11(23)4-9(13(17,18)19)21-5-10(15)20-12(21)22/h1-5H. The van der Waals surface area contributed by atoms with E-state index in [1.807, 2.05) is 0 Å². The minimum absolute atomic E-state index is 0.0728. The first-order valence-electron chi connectivity index (χ1n) is 6.02. The van der Waals surface area contributed by atoms with Gasteiger partial charge in [0, 0.05) is 17.3 Å². The lowest BCUT2D eigenvalue weighted by Gasteiger charge is -2.13. The molecule has 0 bridgehead atoms. The predicted octanol–water partition coefficient (Wildman–Crippen LogP) is 3.95. The van der Waals surface area contributed by atoms with E-state index in [0.717, 1.165) is 18.3 Å². The molecule has 0 spiro atoms. The molecule has 3 aromatic rings. The zero-order valence-electron chi connectivity index (χ0n) is 10.9. The summed E-state index contributed by atoms with van der Waals surface area (Å²) in [6.07, 6.45) is -3.91. The predicted molar refractivity (Wildman–Crippen MR) is 75.8 cm³/mol. The van der Waals surface area contributed by atoms with Gasteiger partial charge in [-0.05, 0) is 18.2 Å². The Labute approximate surface area is 135 Å². The van der Waals surface area contributed by atoms with Crippen molar-refractivity contribution in [1.82, 2.24) is 14.0 Å². The SMILES string of the molecule is O=c1cc(C(F)(F)F)n2cc(Cl)nc2n1-c1ccc(Cl)cc1F. The lowest BCUT2D eigenvalue weighted by molar-refractivity contribution is -0.142. The molecule has 0 aliphatic carbocycles. The molecule has 0 radical (unpaired) electrons. The fourth-order valence-electron chi connectivity index (χ4n) is 2.13. The van der Waals surface area contributed by atoms with Gasteiger partial charge in [-0.15, -0.1) is 0 Å². The molecule has 0 unspecified atom stereocenters. The zero-order valence-corrected chi connectivity index (χ0v) is 12.4. The molecule has 2 aromatic heterocycles. The fraction of sp³-hybridized carbons (Fsp3) is 0.0769. The van der Waals surface area contributed by atoms with Crippen LogP contribution in [0.15, 0.2) is 35.3 Å². The number of halogens is 6. The molecule has 0 N–H and O–H groups in total. The van der Waals surface area contributed by atoms with Crippen LogP contribution < -0.4 is 5.56 Å². The van der Waals surface area contributed by atoms with Gasteiger partial charge in [-0.25, -0.2) is 8.96 Å². The molecule has 23 heavy (non-hydrogen) atoms. The summed E-state index contributed by atoms with van der Waals surface area (Å²) in [7, 11) is 0. The Bertz CT molecular complexity index is 978. The summed E-state index contributed by atoms with van der Waals surface area (Å²) in [5.74, 6) is -1.35. The van der Waals surface area contributed by atoms with Crippen molar-refractivity contribution in [3.63, 3.8) is 0 Å². The second-order valence-corrected chi connectivity index (χ2v) is 5.35. The van der Waals surface area contributed by atoms with Gasteiger partial charge in [0.2, 0.25) is 5.78 Å². The molecule has 120 valence electrons. The average Bonchev–Trinajstić information content (AvgIpc) is 2.79. The van der Waals surface area contributed by atoms with Crippen molar-refractivity contribution < 1.29 is 17.6 Å². The van der Waals surface area contributed by atoms with E-state index in [0.29, 0.717) is 15.0 Å². The van der Waals surface area contributed by atoms with Gasteiger partial charge in [-0.3, -0.25) is 9.20 Å². The third kappa shape index (κ3) is 2.68. The van der Waals surface area contributed by atoms with Crippen LogP contribution in [0.3, 0.4) is 0 Å². The van der Waals surface area contributed by atoms with Crippen LogP contribution in [0.2, 0.25) is 10.2 Å². The van der Waals surface area contributed by atoms with E-state index in [9.17, 15) is 22.4 Å². The molecule has 2 heterocycles. The number of benzene rings is 1. The number of nitrogens with zero attached hydrogens (tertiary/aromatic N) is 3. The highest BCUT2D eigenvalue weighted by Crippen LogP contribution is 2.30. The third-order valence-electron chi connectivity index (χ3n) is 3.04. The second kappa shape index (κ2) is 5.24. The highest BCUT2D eigenvalue weighted by atomic mass is 35.5. The molecule has 0 amide bonds. The highest BCUT2D eigenvalue weighted by Gasteiger charge is 2.35. The van der Waals surface area contributed by atoms with E-state index >= 15 is 0 Å². The Balaban J connectivity index is 2.44. The summed E-state index contributed by atoms with van der Waals surface area (Å²) in [4.78, 5) is 15.8. The first kappa shape index (κ1) is 15.8. The van der Waals surface area contributed by atoms with Crippen LogP contribution in [0.1, 0.15) is 5.69 Å². The van der Waals surface area contributed by atoms with Gasteiger partial charge in [0.05, 0.1) is 5.69 Å². The number of imidazole rings is 1. The summed E-state index contributed by atoms with van der Waals surface area (Å²) in [6.45, 7) is 0. The van der Waals surface area contributed by atoms with Crippen molar-refractivity contribution in [1.29, 1.82) is 0 Å². The number of alkyl halides is 3. The van der Waals surface area contributed by atoms with Gasteiger partial charge < -0.3 is 0 Å². The number of rotatable bonds is 1. The smallest absolute Gasteiger partial charge is 0.279 e. The second-order valence-electron chi connectivity index (χ2n) is 4.53. The lowest BCUT2D eigenvalue weighted by Crippen LogP contribution is -2.26. The largest absolute Gasteiger partial charge is 0.432 e. The molecular weight excluding hydrogens is 361 g/mol. The molecule has 0 atom stereocenters. The maximum Gasteiger partial charge on any atom is 0.432 e. The van der Waals surface area contributed by atoms with Gasteiger partial charge in [-0.1, -0.05) is 23.2 Å². The van der Waals surface area contributed by atoms with Crippen LogP contribution in [0.25, 0.3) is 11.5 Å². The summed E-state index contributed by atoms with van der Waals surface area (Å²) in [5.41, 5.74) is -2.66. The van der Waals surface area contributed by atoms with Gasteiger partial charge in [0.1, 0.15) is 16.7 Å². The Morgan fingerprint density at radius 3 is 2.43 bits per heavy atom. The van der Waals surface area contributed by atoms with Gasteiger partial charge in [-0.2, -0.15) is 18.2 Å².